The summed E-state index contributed by atoms with van der Waals surface area (Å²) >= 11 is 0. The van der Waals surface area contributed by atoms with Crippen LogP contribution in [0.3, 0.4) is 0 Å². The van der Waals surface area contributed by atoms with Crippen molar-refractivity contribution < 1.29 is 19.4 Å². The van der Waals surface area contributed by atoms with Crippen LogP contribution < -0.4 is 4.74 Å². The van der Waals surface area contributed by atoms with Gasteiger partial charge < -0.3 is 19.6 Å². The van der Waals surface area contributed by atoms with Crippen molar-refractivity contribution in [2.75, 3.05) is 19.7 Å². The molecule has 0 spiro atoms. The van der Waals surface area contributed by atoms with Gasteiger partial charge in [0, 0.05) is 25.2 Å². The summed E-state index contributed by atoms with van der Waals surface area (Å²) < 4.78 is 5.68. The predicted octanol–water partition coefficient (Wildman–Crippen LogP) is 2.21. The molecule has 3 fully saturated rings. The van der Waals surface area contributed by atoms with Crippen molar-refractivity contribution in [3.8, 4) is 5.75 Å². The molecule has 3 aliphatic heterocycles. The first-order chi connectivity index (χ1) is 13.5. The monoisotopic (exact) mass is 386 g/mol. The Labute approximate surface area is 166 Å². The lowest BCUT2D eigenvalue weighted by Crippen LogP contribution is -2.53. The first-order valence-electron chi connectivity index (χ1n) is 10.5. The van der Waals surface area contributed by atoms with Crippen LogP contribution in [0.25, 0.3) is 0 Å². The van der Waals surface area contributed by atoms with E-state index in [0.717, 1.165) is 25.7 Å². The first kappa shape index (κ1) is 19.2. The number of amides is 2. The van der Waals surface area contributed by atoms with Crippen LogP contribution in [-0.2, 0) is 9.59 Å². The van der Waals surface area contributed by atoms with Crippen LogP contribution in [0.2, 0.25) is 0 Å². The number of ether oxygens (including phenoxy) is 1. The van der Waals surface area contributed by atoms with Gasteiger partial charge in [-0.05, 0) is 50.7 Å². The number of piperidine rings is 1. The molecule has 0 saturated carbocycles. The van der Waals surface area contributed by atoms with E-state index in [1.807, 2.05) is 40.1 Å². The second-order valence-corrected chi connectivity index (χ2v) is 8.39. The van der Waals surface area contributed by atoms with Gasteiger partial charge >= 0.3 is 0 Å². The van der Waals surface area contributed by atoms with Crippen molar-refractivity contribution in [1.82, 2.24) is 9.80 Å². The summed E-state index contributed by atoms with van der Waals surface area (Å²) in [6, 6.07) is 9.47. The lowest BCUT2D eigenvalue weighted by molar-refractivity contribution is -0.147. The van der Waals surface area contributed by atoms with E-state index < -0.39 is 5.41 Å². The molecular weight excluding hydrogens is 356 g/mol. The smallest absolute Gasteiger partial charge is 0.261 e. The number of likely N-dealkylation sites (tertiary alicyclic amines) is 1. The molecule has 6 heteroatoms. The highest BCUT2D eigenvalue weighted by molar-refractivity contribution is 5.87. The van der Waals surface area contributed by atoms with E-state index in [-0.39, 0.29) is 36.6 Å². The predicted molar refractivity (Wildman–Crippen MR) is 105 cm³/mol. The van der Waals surface area contributed by atoms with Gasteiger partial charge in [-0.1, -0.05) is 25.1 Å². The summed E-state index contributed by atoms with van der Waals surface area (Å²) in [7, 11) is 0. The Morgan fingerprint density at radius 1 is 1.14 bits per heavy atom. The zero-order valence-electron chi connectivity index (χ0n) is 16.5. The van der Waals surface area contributed by atoms with Crippen molar-refractivity contribution in [3.63, 3.8) is 0 Å². The molecule has 0 radical (unpaired) electrons. The number of benzene rings is 1. The van der Waals surface area contributed by atoms with Crippen LogP contribution in [0, 0.1) is 5.41 Å². The molecule has 0 aromatic heterocycles. The van der Waals surface area contributed by atoms with Gasteiger partial charge in [-0.25, -0.2) is 0 Å². The van der Waals surface area contributed by atoms with Crippen LogP contribution in [-0.4, -0.2) is 64.6 Å². The normalized spacial score (nSPS) is 29.9. The fraction of sp³-hybridized carbons (Fsp3) is 0.636. The van der Waals surface area contributed by atoms with Gasteiger partial charge in [0.1, 0.15) is 5.75 Å². The van der Waals surface area contributed by atoms with Gasteiger partial charge in [0.2, 0.25) is 5.91 Å². The van der Waals surface area contributed by atoms with E-state index in [9.17, 15) is 14.7 Å². The average molecular weight is 386 g/mol. The number of nitrogens with zero attached hydrogens (tertiary/aromatic N) is 2. The SMILES string of the molecule is CC[C@@]1(C(=O)N2CCC(O)CC2)C[C@@H]2CC[C@H]1N2C(=O)COc1ccccc1. The van der Waals surface area contributed by atoms with E-state index >= 15 is 0 Å². The number of carbonyl (C=O) groups is 2. The summed E-state index contributed by atoms with van der Waals surface area (Å²) in [5.74, 6) is 0.844. The van der Waals surface area contributed by atoms with Crippen molar-refractivity contribution >= 4 is 11.8 Å². The topological polar surface area (TPSA) is 70.1 Å². The van der Waals surface area contributed by atoms with Gasteiger partial charge in [-0.2, -0.15) is 0 Å². The van der Waals surface area contributed by atoms with Gasteiger partial charge in [0.05, 0.1) is 11.5 Å². The van der Waals surface area contributed by atoms with Crippen molar-refractivity contribution in [1.29, 1.82) is 0 Å². The molecular formula is C22H30N2O4. The van der Waals surface area contributed by atoms with Gasteiger partial charge in [-0.3, -0.25) is 9.59 Å². The summed E-state index contributed by atoms with van der Waals surface area (Å²) in [5.41, 5.74) is -0.479. The summed E-state index contributed by atoms with van der Waals surface area (Å²) in [6.07, 6.45) is 4.35. The molecule has 3 heterocycles. The molecule has 3 aliphatic rings. The Kier molecular flexibility index (Phi) is 5.32. The van der Waals surface area contributed by atoms with Crippen molar-refractivity contribution in [2.24, 2.45) is 5.41 Å². The summed E-state index contributed by atoms with van der Waals surface area (Å²) in [5, 5.41) is 9.76. The second kappa shape index (κ2) is 7.74. The van der Waals surface area contributed by atoms with Crippen molar-refractivity contribution in [2.45, 2.75) is 63.6 Å². The van der Waals surface area contributed by atoms with Crippen molar-refractivity contribution in [3.05, 3.63) is 30.3 Å². The van der Waals surface area contributed by atoms with Gasteiger partial charge in [-0.15, -0.1) is 0 Å². The first-order valence-corrected chi connectivity index (χ1v) is 10.5. The number of para-hydroxylation sites is 1. The summed E-state index contributed by atoms with van der Waals surface area (Å²) in [4.78, 5) is 30.3. The van der Waals surface area contributed by atoms with E-state index in [1.165, 1.54) is 0 Å². The Morgan fingerprint density at radius 3 is 2.54 bits per heavy atom. The molecule has 1 N–H and O–H groups in total. The minimum atomic E-state index is -0.479. The maximum absolute atomic E-state index is 13.5. The molecule has 1 aromatic carbocycles. The molecule has 4 rings (SSSR count). The Hall–Kier alpha value is -2.08. The molecule has 3 saturated heterocycles. The van der Waals surface area contributed by atoms with Crippen LogP contribution >= 0.6 is 0 Å². The molecule has 0 aliphatic carbocycles. The molecule has 2 amide bonds. The van der Waals surface area contributed by atoms with E-state index in [0.29, 0.717) is 31.7 Å². The molecule has 1 aromatic rings. The minimum absolute atomic E-state index is 0.0148. The number of rotatable bonds is 5. The second-order valence-electron chi connectivity index (χ2n) is 8.39. The quantitative estimate of drug-likeness (QED) is 0.842. The Morgan fingerprint density at radius 2 is 1.86 bits per heavy atom. The molecule has 152 valence electrons. The maximum atomic E-state index is 13.5. The van der Waals surface area contributed by atoms with E-state index in [2.05, 4.69) is 6.92 Å². The summed E-state index contributed by atoms with van der Waals surface area (Å²) in [6.45, 7) is 3.32. The van der Waals surface area contributed by atoms with Gasteiger partial charge in [0.15, 0.2) is 6.61 Å². The molecule has 6 nitrogen and oxygen atoms in total. The third kappa shape index (κ3) is 3.28. The number of hydrogen-bond acceptors (Lipinski definition) is 4. The van der Waals surface area contributed by atoms with Crippen LogP contribution in [0.1, 0.15) is 45.4 Å². The van der Waals surface area contributed by atoms with Gasteiger partial charge in [0.25, 0.3) is 5.91 Å². The molecule has 28 heavy (non-hydrogen) atoms. The molecule has 2 bridgehead atoms. The number of hydrogen-bond donors (Lipinski definition) is 1. The highest BCUT2D eigenvalue weighted by Gasteiger charge is 2.61. The largest absolute Gasteiger partial charge is 0.484 e. The number of aliphatic hydroxyl groups excluding tert-OH is 1. The molecule has 0 unspecified atom stereocenters. The Balaban J connectivity index is 1.46. The third-order valence-electron chi connectivity index (χ3n) is 6.94. The average Bonchev–Trinajstić information content (AvgIpc) is 3.29. The zero-order valence-corrected chi connectivity index (χ0v) is 16.5. The zero-order chi connectivity index (χ0) is 19.7. The van der Waals surface area contributed by atoms with E-state index in [4.69, 9.17) is 4.74 Å². The fourth-order valence-electron chi connectivity index (χ4n) is 5.44. The van der Waals surface area contributed by atoms with Crippen LogP contribution in [0.4, 0.5) is 0 Å². The highest BCUT2D eigenvalue weighted by atomic mass is 16.5. The number of carbonyl (C=O) groups excluding carboxylic acids is 2. The number of aliphatic hydroxyl groups is 1. The number of fused-ring (bicyclic) bond motifs is 2. The molecule has 3 atom stereocenters. The van der Waals surface area contributed by atoms with Crippen LogP contribution in [0.15, 0.2) is 30.3 Å². The Bertz CT molecular complexity index is 717. The lowest BCUT2D eigenvalue weighted by Gasteiger charge is -2.41. The maximum Gasteiger partial charge on any atom is 0.261 e. The highest BCUT2D eigenvalue weighted by Crippen LogP contribution is 2.52. The standard InChI is InChI=1S/C22H30N2O4/c1-2-22(21(27)23-12-10-17(25)11-13-23)14-16-8-9-19(22)24(16)20(26)15-28-18-6-4-3-5-7-18/h3-7,16-17,19,25H,2,8-15H2,1H3/t16-,19+,22+/m0/s1. The van der Waals surface area contributed by atoms with Crippen LogP contribution in [0.5, 0.6) is 5.75 Å². The third-order valence-corrected chi connectivity index (χ3v) is 6.94. The minimum Gasteiger partial charge on any atom is -0.484 e. The fourth-order valence-corrected chi connectivity index (χ4v) is 5.44. The lowest BCUT2D eigenvalue weighted by atomic mass is 9.70. The van der Waals surface area contributed by atoms with E-state index in [1.54, 1.807) is 0 Å².